The summed E-state index contributed by atoms with van der Waals surface area (Å²) in [6.45, 7) is 0. The molecule has 0 aromatic heterocycles. The van der Waals surface area contributed by atoms with Gasteiger partial charge in [0, 0.05) is 31.8 Å². The van der Waals surface area contributed by atoms with E-state index in [0.29, 0.717) is 0 Å². The maximum absolute atomic E-state index is 2.69. The third-order valence-corrected chi connectivity index (χ3v) is 15.6. The molecule has 0 N–H and O–H groups in total. The molecule has 0 aliphatic carbocycles. The van der Waals surface area contributed by atoms with Gasteiger partial charge in [-0.2, -0.15) is 0 Å². The summed E-state index contributed by atoms with van der Waals surface area (Å²) in [6, 6.07) is 55.1. The van der Waals surface area contributed by atoms with Gasteiger partial charge in [-0.05, 0) is 39.7 Å². The number of para-hydroxylation sites is 3. The van der Waals surface area contributed by atoms with Crippen LogP contribution >= 0.6 is 23.8 Å². The third-order valence-electron chi connectivity index (χ3n) is 8.14. The molecule has 3 aliphatic rings. The Morgan fingerprint density at radius 2 is 0.525 bits per heavy atom. The Bertz CT molecular complexity index is 1630. The van der Waals surface area contributed by atoms with Gasteiger partial charge in [-0.1, -0.05) is 146 Å². The Morgan fingerprint density at radius 3 is 0.775 bits per heavy atom. The fourth-order valence-electron chi connectivity index (χ4n) is 6.62. The molecular formula is C36H24NP3. The normalized spacial score (nSPS) is 19.2. The number of anilines is 3. The van der Waals surface area contributed by atoms with Crippen LogP contribution < -0.4 is 52.6 Å². The lowest BCUT2D eigenvalue weighted by molar-refractivity contribution is 1.33. The van der Waals surface area contributed by atoms with Gasteiger partial charge in [0.1, 0.15) is 0 Å². The quantitative estimate of drug-likeness (QED) is 0.262. The Labute approximate surface area is 238 Å². The Balaban J connectivity index is 1.44. The molecule has 0 fully saturated rings. The summed E-state index contributed by atoms with van der Waals surface area (Å²) in [5.41, 5.74) is 4.32. The van der Waals surface area contributed by atoms with Crippen molar-refractivity contribution in [3.8, 4) is 0 Å². The minimum atomic E-state index is -0.686. The van der Waals surface area contributed by atoms with E-state index in [4.69, 9.17) is 0 Å². The van der Waals surface area contributed by atoms with Gasteiger partial charge in [0.2, 0.25) is 0 Å². The van der Waals surface area contributed by atoms with E-state index < -0.39 is 23.8 Å². The molecule has 0 bridgehead atoms. The largest absolute Gasteiger partial charge is 0.306 e. The minimum absolute atomic E-state index is 0.686. The summed E-state index contributed by atoms with van der Waals surface area (Å²) in [7, 11) is -2.06. The predicted octanol–water partition coefficient (Wildman–Crippen LogP) is 5.37. The average Bonchev–Trinajstić information content (AvgIpc) is 3.03. The van der Waals surface area contributed by atoms with E-state index in [9.17, 15) is 0 Å². The van der Waals surface area contributed by atoms with Gasteiger partial charge in [0.05, 0.1) is 17.1 Å². The molecule has 0 amide bonds. The van der Waals surface area contributed by atoms with Crippen LogP contribution in [-0.2, 0) is 0 Å². The first-order chi connectivity index (χ1) is 19.9. The van der Waals surface area contributed by atoms with Crippen molar-refractivity contribution in [2.45, 2.75) is 0 Å². The van der Waals surface area contributed by atoms with Crippen molar-refractivity contribution in [2.24, 2.45) is 0 Å². The van der Waals surface area contributed by atoms with Crippen LogP contribution in [0.15, 0.2) is 146 Å². The van der Waals surface area contributed by atoms with Crippen molar-refractivity contribution in [3.63, 3.8) is 0 Å². The smallest absolute Gasteiger partial charge is 0.0629 e. The molecule has 0 saturated carbocycles. The van der Waals surface area contributed by atoms with Crippen LogP contribution in [-0.4, -0.2) is 0 Å². The molecule has 6 aromatic rings. The van der Waals surface area contributed by atoms with E-state index in [1.54, 1.807) is 0 Å². The van der Waals surface area contributed by atoms with Gasteiger partial charge in [0.15, 0.2) is 0 Å². The lowest BCUT2D eigenvalue weighted by Crippen LogP contribution is -2.50. The number of hydrogen-bond acceptors (Lipinski definition) is 1. The molecule has 0 radical (unpaired) electrons. The van der Waals surface area contributed by atoms with Gasteiger partial charge in [-0.15, -0.1) is 0 Å². The highest BCUT2D eigenvalue weighted by Gasteiger charge is 2.46. The maximum atomic E-state index is 2.69. The number of hydrogen-bond donors (Lipinski definition) is 0. The lowest BCUT2D eigenvalue weighted by atomic mass is 10.1. The summed E-state index contributed by atoms with van der Waals surface area (Å²) < 4.78 is 0. The highest BCUT2D eigenvalue weighted by Crippen LogP contribution is 2.58. The SMILES string of the molecule is c1ccc(P2c3cccc4c3N3c5c2cccc5P(c2ccccc2)c2cccc(c23)P4c2ccccc2)cc1. The van der Waals surface area contributed by atoms with Crippen LogP contribution in [0.4, 0.5) is 17.1 Å². The van der Waals surface area contributed by atoms with E-state index in [1.165, 1.54) is 64.8 Å². The maximum Gasteiger partial charge on any atom is 0.0629 e. The second-order valence-corrected chi connectivity index (χ2v) is 16.7. The van der Waals surface area contributed by atoms with Gasteiger partial charge in [-0.3, -0.25) is 0 Å². The summed E-state index contributed by atoms with van der Waals surface area (Å²) in [5.74, 6) is 0. The van der Waals surface area contributed by atoms with E-state index in [2.05, 4.69) is 150 Å². The zero-order valence-corrected chi connectivity index (χ0v) is 24.3. The molecule has 0 atom stereocenters. The fraction of sp³-hybridized carbons (Fsp3) is 0. The highest BCUT2D eigenvalue weighted by molar-refractivity contribution is 7.84. The molecule has 9 rings (SSSR count). The Hall–Kier alpha value is -3.59. The standard InChI is InChI=1S/C36H24NP3/c1-4-13-25(14-5-1)38-28-19-10-21-30-34(28)37-35-29(38)20-11-22-31(35)40(27-17-8-3-9-18-27)33-24-12-23-32(36(33)37)39(30)26-15-6-2-7-16-26/h1-24H. The molecule has 4 heteroatoms. The lowest BCUT2D eigenvalue weighted by Gasteiger charge is -2.49. The van der Waals surface area contributed by atoms with E-state index >= 15 is 0 Å². The first kappa shape index (κ1) is 23.1. The zero-order chi connectivity index (χ0) is 26.2. The number of rotatable bonds is 3. The number of nitrogens with zero attached hydrogens (tertiary/aromatic N) is 1. The second kappa shape index (κ2) is 8.96. The van der Waals surface area contributed by atoms with Gasteiger partial charge in [-0.25, -0.2) is 0 Å². The average molecular weight is 564 g/mol. The number of benzene rings is 6. The molecule has 3 aliphatic heterocycles. The van der Waals surface area contributed by atoms with Crippen LogP contribution in [0.2, 0.25) is 0 Å². The van der Waals surface area contributed by atoms with E-state index in [-0.39, 0.29) is 0 Å². The minimum Gasteiger partial charge on any atom is -0.306 e. The van der Waals surface area contributed by atoms with E-state index in [0.717, 1.165) is 0 Å². The molecular weight excluding hydrogens is 539 g/mol. The van der Waals surface area contributed by atoms with Crippen molar-refractivity contribution >= 4 is 88.6 Å². The zero-order valence-electron chi connectivity index (χ0n) is 21.6. The molecule has 40 heavy (non-hydrogen) atoms. The molecule has 0 spiro atoms. The summed E-state index contributed by atoms with van der Waals surface area (Å²) in [4.78, 5) is 2.69. The van der Waals surface area contributed by atoms with Gasteiger partial charge in [0.25, 0.3) is 0 Å². The molecule has 0 saturated heterocycles. The van der Waals surface area contributed by atoms with Crippen LogP contribution in [0.1, 0.15) is 0 Å². The first-order valence-corrected chi connectivity index (χ1v) is 17.7. The van der Waals surface area contributed by atoms with Crippen molar-refractivity contribution in [1.29, 1.82) is 0 Å². The van der Waals surface area contributed by atoms with Crippen LogP contribution in [0.3, 0.4) is 0 Å². The molecule has 1 nitrogen and oxygen atoms in total. The van der Waals surface area contributed by atoms with Gasteiger partial charge < -0.3 is 4.90 Å². The van der Waals surface area contributed by atoms with E-state index in [1.807, 2.05) is 0 Å². The molecule has 0 unspecified atom stereocenters. The summed E-state index contributed by atoms with van der Waals surface area (Å²) in [6.07, 6.45) is 0. The van der Waals surface area contributed by atoms with Crippen molar-refractivity contribution < 1.29 is 0 Å². The molecule has 3 heterocycles. The molecule has 188 valence electrons. The summed E-state index contributed by atoms with van der Waals surface area (Å²) in [5, 5.41) is 13.2. The predicted molar refractivity (Wildman–Crippen MR) is 178 cm³/mol. The van der Waals surface area contributed by atoms with Crippen LogP contribution in [0, 0.1) is 0 Å². The van der Waals surface area contributed by atoms with Crippen molar-refractivity contribution in [2.75, 3.05) is 4.90 Å². The fourth-order valence-corrected chi connectivity index (χ4v) is 14.7. The second-order valence-electron chi connectivity index (χ2n) is 10.3. The Kier molecular flexibility index (Phi) is 5.18. The van der Waals surface area contributed by atoms with Crippen molar-refractivity contribution in [1.82, 2.24) is 0 Å². The first-order valence-electron chi connectivity index (χ1n) is 13.6. The highest BCUT2D eigenvalue weighted by atomic mass is 31.1. The van der Waals surface area contributed by atoms with Gasteiger partial charge >= 0.3 is 0 Å². The Morgan fingerprint density at radius 1 is 0.275 bits per heavy atom. The van der Waals surface area contributed by atoms with Crippen LogP contribution in [0.25, 0.3) is 0 Å². The summed E-state index contributed by atoms with van der Waals surface area (Å²) >= 11 is 0. The van der Waals surface area contributed by atoms with Crippen LogP contribution in [0.5, 0.6) is 0 Å². The van der Waals surface area contributed by atoms with Crippen molar-refractivity contribution in [3.05, 3.63) is 146 Å². The monoisotopic (exact) mass is 563 g/mol. The molecule has 6 aromatic carbocycles. The topological polar surface area (TPSA) is 3.24 Å². The third kappa shape index (κ3) is 3.15.